The lowest BCUT2D eigenvalue weighted by atomic mass is 9.37. The number of ketones is 4. The van der Waals surface area contributed by atoms with Gasteiger partial charge in [0.15, 0.2) is 17.2 Å². The highest BCUT2D eigenvalue weighted by atomic mass is 16.4. The number of benzene rings is 1. The Kier molecular flexibility index (Phi) is 8.86. The number of aliphatic hydroxyl groups is 3. The third-order valence-corrected chi connectivity index (χ3v) is 11.1. The predicted octanol–water partition coefficient (Wildman–Crippen LogP) is 6.70. The van der Waals surface area contributed by atoms with E-state index in [4.69, 9.17) is 0 Å². The fourth-order valence-electron chi connectivity index (χ4n) is 9.08. The molecule has 0 aliphatic heterocycles. The summed E-state index contributed by atoms with van der Waals surface area (Å²) in [5, 5.41) is 47.5. The van der Waals surface area contributed by atoms with Crippen molar-refractivity contribution in [1.29, 1.82) is 0 Å². The Bertz CT molecular complexity index is 1460. The zero-order valence-electron chi connectivity index (χ0n) is 27.3. The maximum absolute atomic E-state index is 14.5. The Morgan fingerprint density at radius 1 is 1.00 bits per heavy atom. The number of carbonyl (C=O) groups is 4. The van der Waals surface area contributed by atoms with E-state index >= 15 is 0 Å². The van der Waals surface area contributed by atoms with Crippen molar-refractivity contribution in [3.8, 4) is 5.75 Å². The largest absolute Gasteiger partial charge is 0.511 e. The molecule has 3 aliphatic carbocycles. The molecule has 0 spiro atoms. The molecule has 1 aromatic rings. The van der Waals surface area contributed by atoms with E-state index in [0.717, 1.165) is 26.2 Å². The van der Waals surface area contributed by atoms with E-state index in [9.17, 15) is 39.6 Å². The van der Waals surface area contributed by atoms with Gasteiger partial charge in [0.05, 0.1) is 5.56 Å². The van der Waals surface area contributed by atoms with Crippen molar-refractivity contribution in [1.82, 2.24) is 0 Å². The van der Waals surface area contributed by atoms with Crippen molar-refractivity contribution < 1.29 is 39.6 Å². The topological polar surface area (TPSA) is 149 Å². The minimum Gasteiger partial charge on any atom is -0.511 e. The Morgan fingerprint density at radius 2 is 1.64 bits per heavy atom. The minimum absolute atomic E-state index is 0.00186. The van der Waals surface area contributed by atoms with E-state index in [-0.39, 0.29) is 35.5 Å². The van der Waals surface area contributed by atoms with Crippen molar-refractivity contribution in [2.45, 2.75) is 105 Å². The maximum atomic E-state index is 14.5. The van der Waals surface area contributed by atoms with E-state index in [0.29, 0.717) is 17.9 Å². The molecular weight excluding hydrogens is 560 g/mol. The molecule has 0 saturated heterocycles. The lowest BCUT2D eigenvalue weighted by Gasteiger charge is -2.65. The van der Waals surface area contributed by atoms with Gasteiger partial charge in [0.25, 0.3) is 0 Å². The van der Waals surface area contributed by atoms with Gasteiger partial charge < -0.3 is 20.4 Å². The third-order valence-electron chi connectivity index (χ3n) is 11.1. The molecule has 0 amide bonds. The van der Waals surface area contributed by atoms with Gasteiger partial charge in [-0.05, 0) is 48.6 Å². The molecule has 1 unspecified atom stereocenters. The average Bonchev–Trinajstić information content (AvgIpc) is 2.92. The monoisotopic (exact) mass is 608 g/mol. The van der Waals surface area contributed by atoms with Gasteiger partial charge in [0.2, 0.25) is 5.78 Å². The van der Waals surface area contributed by atoms with Crippen molar-refractivity contribution >= 4 is 23.1 Å². The Balaban J connectivity index is 2.16. The highest BCUT2D eigenvalue weighted by molar-refractivity contribution is 6.25. The van der Waals surface area contributed by atoms with Crippen LogP contribution in [0.25, 0.3) is 0 Å². The van der Waals surface area contributed by atoms with Crippen molar-refractivity contribution in [2.75, 3.05) is 0 Å². The summed E-state index contributed by atoms with van der Waals surface area (Å²) in [6.07, 6.45) is 3.22. The summed E-state index contributed by atoms with van der Waals surface area (Å²) in [6.45, 7) is 14.1. The molecule has 0 saturated carbocycles. The SMILES string of the molecule is CCC(=O)C[C@@H]1[C@]2(C)C(=C(O)[C@@]3(O)C(=O)C(C(C)=O)=C(O)C(C(C)C)[C@@]13C)C(=O)c1c(O)cccc1[C@H]2CCCCC(C)C. The van der Waals surface area contributed by atoms with Gasteiger partial charge >= 0.3 is 0 Å². The van der Waals surface area contributed by atoms with E-state index in [1.165, 1.54) is 6.07 Å². The van der Waals surface area contributed by atoms with Crippen LogP contribution in [-0.2, 0) is 14.4 Å². The average molecular weight is 609 g/mol. The van der Waals surface area contributed by atoms with Crippen LogP contribution < -0.4 is 0 Å². The molecule has 4 rings (SSSR count). The Morgan fingerprint density at radius 3 is 2.18 bits per heavy atom. The molecule has 3 aliphatic rings. The van der Waals surface area contributed by atoms with E-state index < -0.39 is 74.5 Å². The third kappa shape index (κ3) is 4.50. The first kappa shape index (κ1) is 33.6. The molecule has 1 aromatic carbocycles. The molecule has 8 nitrogen and oxygen atoms in total. The second-order valence-electron chi connectivity index (χ2n) is 14.3. The first-order valence-electron chi connectivity index (χ1n) is 16.0. The summed E-state index contributed by atoms with van der Waals surface area (Å²) in [5.41, 5.74) is -6.00. The van der Waals surface area contributed by atoms with Crippen LogP contribution in [-0.4, -0.2) is 49.2 Å². The predicted molar refractivity (Wildman–Crippen MR) is 166 cm³/mol. The smallest absolute Gasteiger partial charge is 0.209 e. The number of fused-ring (bicyclic) bond motifs is 3. The van der Waals surface area contributed by atoms with Crippen molar-refractivity contribution in [2.24, 2.45) is 34.5 Å². The number of phenolic OH excluding ortho intramolecular Hbond substituents is 1. The molecule has 240 valence electrons. The van der Waals surface area contributed by atoms with Gasteiger partial charge in [0, 0.05) is 35.2 Å². The van der Waals surface area contributed by atoms with Gasteiger partial charge in [-0.15, -0.1) is 0 Å². The highest BCUT2D eigenvalue weighted by Gasteiger charge is 2.76. The molecule has 0 radical (unpaired) electrons. The molecule has 0 bridgehead atoms. The van der Waals surface area contributed by atoms with Crippen molar-refractivity contribution in [3.63, 3.8) is 0 Å². The van der Waals surface area contributed by atoms with Gasteiger partial charge in [-0.25, -0.2) is 0 Å². The number of allylic oxidation sites excluding steroid dienone is 2. The minimum atomic E-state index is -2.79. The van der Waals surface area contributed by atoms with Gasteiger partial charge in [-0.1, -0.05) is 79.9 Å². The number of aromatic hydroxyl groups is 1. The number of carbonyl (C=O) groups excluding carboxylic acids is 4. The number of rotatable bonds is 10. The quantitative estimate of drug-likeness (QED) is 0.169. The maximum Gasteiger partial charge on any atom is 0.209 e. The van der Waals surface area contributed by atoms with Gasteiger partial charge in [-0.3, -0.25) is 19.2 Å². The number of hydrogen-bond donors (Lipinski definition) is 4. The zero-order valence-corrected chi connectivity index (χ0v) is 27.3. The number of hydrogen-bond acceptors (Lipinski definition) is 8. The summed E-state index contributed by atoms with van der Waals surface area (Å²) in [4.78, 5) is 54.9. The molecular formula is C36H48O8. The molecule has 4 N–H and O–H groups in total. The molecule has 0 aromatic heterocycles. The zero-order chi connectivity index (χ0) is 33.1. The number of unbranched alkanes of at least 4 members (excludes halogenated alkanes) is 1. The summed E-state index contributed by atoms with van der Waals surface area (Å²) in [7, 11) is 0. The summed E-state index contributed by atoms with van der Waals surface area (Å²) in [5.74, 6) is -6.82. The summed E-state index contributed by atoms with van der Waals surface area (Å²) >= 11 is 0. The van der Waals surface area contributed by atoms with Gasteiger partial charge in [-0.2, -0.15) is 0 Å². The summed E-state index contributed by atoms with van der Waals surface area (Å²) in [6, 6.07) is 4.85. The van der Waals surface area contributed by atoms with E-state index in [1.807, 2.05) is 6.92 Å². The van der Waals surface area contributed by atoms with Crippen LogP contribution in [0.1, 0.15) is 116 Å². The van der Waals surface area contributed by atoms with Crippen LogP contribution in [0.15, 0.2) is 40.9 Å². The van der Waals surface area contributed by atoms with Crippen LogP contribution in [0, 0.1) is 34.5 Å². The number of aliphatic hydroxyl groups excluding tert-OH is 2. The first-order chi connectivity index (χ1) is 20.4. The van der Waals surface area contributed by atoms with Crippen LogP contribution >= 0.6 is 0 Å². The van der Waals surface area contributed by atoms with E-state index in [1.54, 1.807) is 39.8 Å². The van der Waals surface area contributed by atoms with Gasteiger partial charge in [0.1, 0.15) is 28.6 Å². The van der Waals surface area contributed by atoms with E-state index in [2.05, 4.69) is 13.8 Å². The normalized spacial score (nSPS) is 31.8. The Hall–Kier alpha value is -3.26. The van der Waals surface area contributed by atoms with Crippen LogP contribution in [0.4, 0.5) is 0 Å². The van der Waals surface area contributed by atoms with Crippen LogP contribution in [0.5, 0.6) is 5.75 Å². The highest BCUT2D eigenvalue weighted by Crippen LogP contribution is 2.71. The standard InChI is InChI=1S/C36H48O8/c1-9-21(38)17-25-34(7)23(15-11-10-13-18(2)3)22-14-12-16-24(39)27(22)31(41)29(34)33(43)36(44)32(42)26(20(6)37)30(40)28(19(4)5)35(25,36)8/h12,14,16,18-19,23,25,28,39-40,43-44H,9-11,13,15,17H2,1-8H3/t23-,25-,28?,34-,35-,36+/m1/s1. The first-order valence-corrected chi connectivity index (χ1v) is 16.0. The van der Waals surface area contributed by atoms with Crippen molar-refractivity contribution in [3.05, 3.63) is 52.0 Å². The number of phenols is 1. The fraction of sp³-hybridized carbons (Fsp3) is 0.611. The summed E-state index contributed by atoms with van der Waals surface area (Å²) < 4.78 is 0. The second-order valence-corrected chi connectivity index (χ2v) is 14.3. The number of Topliss-reactive ketones (excluding diaryl/α,β-unsaturated/α-hetero) is 4. The molecule has 8 heteroatoms. The molecule has 0 fully saturated rings. The second kappa shape index (κ2) is 11.6. The molecule has 6 atom stereocenters. The molecule has 44 heavy (non-hydrogen) atoms. The fourth-order valence-corrected chi connectivity index (χ4v) is 9.08. The Labute approximate surface area is 260 Å². The lowest BCUT2D eigenvalue weighted by molar-refractivity contribution is -0.194. The molecule has 0 heterocycles. The van der Waals surface area contributed by atoms with Crippen LogP contribution in [0.3, 0.4) is 0 Å². The lowest BCUT2D eigenvalue weighted by Crippen LogP contribution is -2.71. The van der Waals surface area contributed by atoms with Crippen LogP contribution in [0.2, 0.25) is 0 Å².